The zero-order valence-corrected chi connectivity index (χ0v) is 11.9. The van der Waals surface area contributed by atoms with E-state index in [1.54, 1.807) is 27.7 Å². The minimum atomic E-state index is -1.07. The largest absolute Gasteiger partial charge is 0.510 e. The third kappa shape index (κ3) is 2.57. The Bertz CT molecular complexity index is 412. The van der Waals surface area contributed by atoms with Crippen LogP contribution in [0.2, 0.25) is 0 Å². The molecule has 0 aliphatic carbocycles. The van der Waals surface area contributed by atoms with Crippen molar-refractivity contribution in [2.45, 2.75) is 39.9 Å². The van der Waals surface area contributed by atoms with Crippen molar-refractivity contribution >= 4 is 18.1 Å². The number of carbonyl (C=O) groups excluding carboxylic acids is 3. The third-order valence-corrected chi connectivity index (χ3v) is 3.45. The van der Waals surface area contributed by atoms with Gasteiger partial charge in [-0.2, -0.15) is 0 Å². The van der Waals surface area contributed by atoms with Gasteiger partial charge in [-0.1, -0.05) is 27.7 Å². The average molecular weight is 286 g/mol. The maximum absolute atomic E-state index is 11.8. The van der Waals surface area contributed by atoms with Crippen LogP contribution in [0.15, 0.2) is 0 Å². The summed E-state index contributed by atoms with van der Waals surface area (Å²) in [5, 5.41) is 0. The van der Waals surface area contributed by atoms with Crippen LogP contribution in [-0.4, -0.2) is 43.5 Å². The number of esters is 2. The van der Waals surface area contributed by atoms with Gasteiger partial charge in [0, 0.05) is 10.8 Å². The molecule has 0 N–H and O–H groups in total. The molecular formula is C13H18O7. The summed E-state index contributed by atoms with van der Waals surface area (Å²) < 4.78 is 19.7. The van der Waals surface area contributed by atoms with Crippen molar-refractivity contribution in [2.24, 2.45) is 10.8 Å². The Labute approximate surface area is 116 Å². The predicted molar refractivity (Wildman–Crippen MR) is 64.6 cm³/mol. The van der Waals surface area contributed by atoms with Crippen molar-refractivity contribution in [3.63, 3.8) is 0 Å². The lowest BCUT2D eigenvalue weighted by Crippen LogP contribution is -2.39. The van der Waals surface area contributed by atoms with E-state index in [4.69, 9.17) is 18.9 Å². The molecule has 112 valence electrons. The zero-order chi connectivity index (χ0) is 15.1. The first-order valence-corrected chi connectivity index (χ1v) is 6.34. The quantitative estimate of drug-likeness (QED) is 0.553. The van der Waals surface area contributed by atoms with Gasteiger partial charge in [0.25, 0.3) is 0 Å². The highest BCUT2D eigenvalue weighted by atomic mass is 16.8. The smallest absolute Gasteiger partial charge is 0.462 e. The minimum Gasteiger partial charge on any atom is -0.462 e. The van der Waals surface area contributed by atoms with Gasteiger partial charge in [0.2, 0.25) is 12.2 Å². The number of carbonyl (C=O) groups is 3. The van der Waals surface area contributed by atoms with Crippen molar-refractivity contribution in [1.82, 2.24) is 0 Å². The lowest BCUT2D eigenvalue weighted by Gasteiger charge is -2.24. The average Bonchev–Trinajstić information content (AvgIpc) is 2.73. The topological polar surface area (TPSA) is 88.1 Å². The van der Waals surface area contributed by atoms with E-state index in [9.17, 15) is 14.4 Å². The van der Waals surface area contributed by atoms with Crippen LogP contribution in [0.4, 0.5) is 4.79 Å². The molecule has 7 nitrogen and oxygen atoms in total. The molecule has 0 saturated carbocycles. The van der Waals surface area contributed by atoms with Gasteiger partial charge in [-0.3, -0.25) is 0 Å². The number of hydrogen-bond donors (Lipinski definition) is 0. The van der Waals surface area contributed by atoms with Gasteiger partial charge in [-0.15, -0.1) is 0 Å². The molecule has 20 heavy (non-hydrogen) atoms. The summed E-state index contributed by atoms with van der Waals surface area (Å²) in [4.78, 5) is 34.8. The molecule has 7 heteroatoms. The van der Waals surface area contributed by atoms with Gasteiger partial charge in [-0.25, -0.2) is 14.4 Å². The summed E-state index contributed by atoms with van der Waals surface area (Å²) in [7, 11) is 0. The summed E-state index contributed by atoms with van der Waals surface area (Å²) in [6, 6.07) is 0. The normalized spacial score (nSPS) is 30.6. The molecule has 0 bridgehead atoms. The van der Waals surface area contributed by atoms with E-state index in [-0.39, 0.29) is 13.2 Å². The van der Waals surface area contributed by atoms with Crippen molar-refractivity contribution in [2.75, 3.05) is 13.2 Å². The molecule has 2 rings (SSSR count). The molecule has 2 atom stereocenters. The van der Waals surface area contributed by atoms with Gasteiger partial charge in [0.15, 0.2) is 0 Å². The molecule has 2 saturated heterocycles. The monoisotopic (exact) mass is 286 g/mol. The van der Waals surface area contributed by atoms with E-state index in [2.05, 4.69) is 0 Å². The van der Waals surface area contributed by atoms with Crippen LogP contribution in [0.25, 0.3) is 0 Å². The number of hydrogen-bond acceptors (Lipinski definition) is 7. The maximum Gasteiger partial charge on any atom is 0.510 e. The van der Waals surface area contributed by atoms with E-state index < -0.39 is 41.1 Å². The van der Waals surface area contributed by atoms with Crippen molar-refractivity contribution in [3.05, 3.63) is 0 Å². The molecule has 2 fully saturated rings. The molecule has 2 aliphatic rings. The Morgan fingerprint density at radius 1 is 0.950 bits per heavy atom. The van der Waals surface area contributed by atoms with Crippen molar-refractivity contribution < 1.29 is 33.3 Å². The fraction of sp³-hybridized carbons (Fsp3) is 0.769. The Hall–Kier alpha value is -1.79. The molecule has 0 aromatic carbocycles. The molecule has 2 unspecified atom stereocenters. The Kier molecular flexibility index (Phi) is 3.39. The molecule has 0 radical (unpaired) electrons. The number of ether oxygens (including phenoxy) is 4. The van der Waals surface area contributed by atoms with Crippen LogP contribution >= 0.6 is 0 Å². The lowest BCUT2D eigenvalue weighted by molar-refractivity contribution is -0.150. The SMILES string of the molecule is CC1(C)COC(=O)C1OC(=O)OC1C(=O)OCC1(C)C. The van der Waals surface area contributed by atoms with Crippen LogP contribution in [0.3, 0.4) is 0 Å². The van der Waals surface area contributed by atoms with Gasteiger partial charge >= 0.3 is 18.1 Å². The summed E-state index contributed by atoms with van der Waals surface area (Å²) in [6.07, 6.45) is -3.13. The number of rotatable bonds is 2. The van der Waals surface area contributed by atoms with Gasteiger partial charge in [0.05, 0.1) is 0 Å². The second kappa shape index (κ2) is 4.64. The Morgan fingerprint density at radius 3 is 1.55 bits per heavy atom. The third-order valence-electron chi connectivity index (χ3n) is 3.45. The Balaban J connectivity index is 1.99. The molecule has 2 aliphatic heterocycles. The maximum atomic E-state index is 11.8. The molecule has 2 heterocycles. The number of cyclic esters (lactones) is 2. The summed E-state index contributed by atoms with van der Waals surface area (Å²) in [5.74, 6) is -1.22. The van der Waals surface area contributed by atoms with Gasteiger partial charge in [-0.05, 0) is 0 Å². The van der Waals surface area contributed by atoms with E-state index in [0.29, 0.717) is 0 Å². The van der Waals surface area contributed by atoms with Crippen LogP contribution in [0, 0.1) is 10.8 Å². The van der Waals surface area contributed by atoms with Gasteiger partial charge < -0.3 is 18.9 Å². The fourth-order valence-corrected chi connectivity index (χ4v) is 2.09. The van der Waals surface area contributed by atoms with E-state index in [0.717, 1.165) is 0 Å². The second-order valence-electron chi connectivity index (χ2n) is 6.44. The Morgan fingerprint density at radius 2 is 1.30 bits per heavy atom. The van der Waals surface area contributed by atoms with Crippen LogP contribution in [0.1, 0.15) is 27.7 Å². The highest BCUT2D eigenvalue weighted by Crippen LogP contribution is 2.33. The highest BCUT2D eigenvalue weighted by Gasteiger charge is 2.50. The standard InChI is InChI=1S/C13H18O7/c1-12(2)5-17-9(14)7(12)19-11(16)20-8-10(15)18-6-13(8,3)4/h7-8H,5-6H2,1-4H3. The summed E-state index contributed by atoms with van der Waals surface area (Å²) in [5.41, 5.74) is -1.25. The van der Waals surface area contributed by atoms with E-state index in [1.807, 2.05) is 0 Å². The van der Waals surface area contributed by atoms with Crippen LogP contribution in [-0.2, 0) is 28.5 Å². The summed E-state index contributed by atoms with van der Waals surface area (Å²) >= 11 is 0. The molecule has 0 aromatic heterocycles. The van der Waals surface area contributed by atoms with Crippen LogP contribution in [0.5, 0.6) is 0 Å². The van der Waals surface area contributed by atoms with Crippen LogP contribution < -0.4 is 0 Å². The molecule has 0 aromatic rings. The van der Waals surface area contributed by atoms with E-state index >= 15 is 0 Å². The highest BCUT2D eigenvalue weighted by molar-refractivity contribution is 5.82. The minimum absolute atomic E-state index is 0.167. The first-order valence-electron chi connectivity index (χ1n) is 6.34. The summed E-state index contributed by atoms with van der Waals surface area (Å²) in [6.45, 7) is 7.29. The lowest BCUT2D eigenvalue weighted by atomic mass is 9.89. The van der Waals surface area contributed by atoms with E-state index in [1.165, 1.54) is 0 Å². The molecular weight excluding hydrogens is 268 g/mol. The zero-order valence-electron chi connectivity index (χ0n) is 11.9. The first kappa shape index (κ1) is 14.6. The van der Waals surface area contributed by atoms with Crippen molar-refractivity contribution in [1.29, 1.82) is 0 Å². The predicted octanol–water partition coefficient (Wildman–Crippen LogP) is 1.04. The first-order chi connectivity index (χ1) is 9.13. The van der Waals surface area contributed by atoms with Crippen molar-refractivity contribution in [3.8, 4) is 0 Å². The molecule has 0 spiro atoms. The fourth-order valence-electron chi connectivity index (χ4n) is 2.09. The molecule has 0 amide bonds. The second-order valence-corrected chi connectivity index (χ2v) is 6.44. The van der Waals surface area contributed by atoms with Gasteiger partial charge in [0.1, 0.15) is 13.2 Å².